The van der Waals surface area contributed by atoms with Crippen molar-refractivity contribution in [3.05, 3.63) is 54.1 Å². The number of anilines is 1. The van der Waals surface area contributed by atoms with Crippen LogP contribution < -0.4 is 19.1 Å². The molecule has 1 aliphatic heterocycles. The van der Waals surface area contributed by atoms with Crippen LogP contribution in [0.25, 0.3) is 6.08 Å². The minimum Gasteiger partial charge on any atom is -0.495 e. The lowest BCUT2D eigenvalue weighted by molar-refractivity contribution is -0.126. The third-order valence-corrected chi connectivity index (χ3v) is 4.99. The molecule has 0 radical (unpaired) electrons. The van der Waals surface area contributed by atoms with Crippen molar-refractivity contribution in [3.63, 3.8) is 0 Å². The van der Waals surface area contributed by atoms with E-state index in [9.17, 15) is 4.79 Å². The molecule has 1 heterocycles. The molecule has 1 amide bonds. The van der Waals surface area contributed by atoms with Gasteiger partial charge in [0, 0.05) is 32.3 Å². The average Bonchev–Trinajstić information content (AvgIpc) is 2.77. The standard InChI is InChI=1S/C24H30N2O4/c1-18(2)30-22-11-9-19(17-23(22)29-4)10-12-24(27)26-15-13-25(14-16-26)20-7-5-6-8-21(20)28-3/h5-12,17-18H,13-16H2,1-4H3/b12-10+. The summed E-state index contributed by atoms with van der Waals surface area (Å²) in [6.45, 7) is 6.83. The Morgan fingerprint density at radius 1 is 0.933 bits per heavy atom. The number of benzene rings is 2. The molecule has 0 unspecified atom stereocenters. The van der Waals surface area contributed by atoms with Gasteiger partial charge in [-0.25, -0.2) is 0 Å². The minimum absolute atomic E-state index is 0.0103. The van der Waals surface area contributed by atoms with E-state index in [0.717, 1.165) is 30.1 Å². The van der Waals surface area contributed by atoms with E-state index in [1.165, 1.54) is 0 Å². The first-order valence-electron chi connectivity index (χ1n) is 10.2. The number of carbonyl (C=O) groups excluding carboxylic acids is 1. The molecule has 0 saturated carbocycles. The summed E-state index contributed by atoms with van der Waals surface area (Å²) in [5.41, 5.74) is 1.96. The van der Waals surface area contributed by atoms with Crippen molar-refractivity contribution in [2.24, 2.45) is 0 Å². The Bertz CT molecular complexity index is 887. The van der Waals surface area contributed by atoms with Crippen LogP contribution in [0.1, 0.15) is 19.4 Å². The van der Waals surface area contributed by atoms with Crippen molar-refractivity contribution in [2.45, 2.75) is 20.0 Å². The van der Waals surface area contributed by atoms with Crippen molar-refractivity contribution >= 4 is 17.7 Å². The van der Waals surface area contributed by atoms with Crippen LogP contribution in [0, 0.1) is 0 Å². The fourth-order valence-corrected chi connectivity index (χ4v) is 3.47. The van der Waals surface area contributed by atoms with E-state index in [1.807, 2.05) is 61.2 Å². The van der Waals surface area contributed by atoms with Gasteiger partial charge >= 0.3 is 0 Å². The number of carbonyl (C=O) groups is 1. The molecule has 1 aliphatic rings. The SMILES string of the molecule is COc1cc(/C=C/C(=O)N2CCN(c3ccccc3OC)CC2)ccc1OC(C)C. The molecular formula is C24H30N2O4. The quantitative estimate of drug-likeness (QED) is 0.649. The van der Waals surface area contributed by atoms with Crippen LogP contribution in [0.2, 0.25) is 0 Å². The molecule has 0 aliphatic carbocycles. The molecule has 160 valence electrons. The molecule has 0 bridgehead atoms. The second-order valence-electron chi connectivity index (χ2n) is 7.39. The van der Waals surface area contributed by atoms with Gasteiger partial charge in [-0.3, -0.25) is 4.79 Å². The summed E-state index contributed by atoms with van der Waals surface area (Å²) in [5.74, 6) is 2.22. The second-order valence-corrected chi connectivity index (χ2v) is 7.39. The molecule has 6 heteroatoms. The van der Waals surface area contributed by atoms with Crippen molar-refractivity contribution in [1.29, 1.82) is 0 Å². The van der Waals surface area contributed by atoms with Gasteiger partial charge in [0.05, 0.1) is 26.0 Å². The molecule has 0 atom stereocenters. The van der Waals surface area contributed by atoms with Crippen LogP contribution in [0.4, 0.5) is 5.69 Å². The summed E-state index contributed by atoms with van der Waals surface area (Å²) in [4.78, 5) is 16.8. The zero-order valence-corrected chi connectivity index (χ0v) is 18.1. The molecule has 0 aromatic heterocycles. The van der Waals surface area contributed by atoms with E-state index in [2.05, 4.69) is 11.0 Å². The van der Waals surface area contributed by atoms with Gasteiger partial charge in [0.1, 0.15) is 5.75 Å². The fraction of sp³-hybridized carbons (Fsp3) is 0.375. The first-order valence-corrected chi connectivity index (χ1v) is 10.2. The summed E-state index contributed by atoms with van der Waals surface area (Å²) in [6, 6.07) is 13.6. The zero-order valence-electron chi connectivity index (χ0n) is 18.1. The third kappa shape index (κ3) is 5.26. The predicted octanol–water partition coefficient (Wildman–Crippen LogP) is 3.85. The summed E-state index contributed by atoms with van der Waals surface area (Å²) < 4.78 is 16.6. The maximum absolute atomic E-state index is 12.6. The highest BCUT2D eigenvalue weighted by molar-refractivity contribution is 5.92. The Balaban J connectivity index is 1.60. The normalized spacial score (nSPS) is 14.3. The molecule has 0 N–H and O–H groups in total. The summed E-state index contributed by atoms with van der Waals surface area (Å²) in [7, 11) is 3.29. The number of methoxy groups -OCH3 is 2. The number of hydrogen-bond donors (Lipinski definition) is 0. The van der Waals surface area contributed by atoms with Gasteiger partial charge < -0.3 is 24.0 Å². The summed E-state index contributed by atoms with van der Waals surface area (Å²) in [5, 5.41) is 0. The van der Waals surface area contributed by atoms with Crippen LogP contribution in [-0.2, 0) is 4.79 Å². The largest absolute Gasteiger partial charge is 0.495 e. The van der Waals surface area contributed by atoms with Crippen molar-refractivity contribution in [3.8, 4) is 17.2 Å². The number of ether oxygens (including phenoxy) is 3. The van der Waals surface area contributed by atoms with E-state index in [0.29, 0.717) is 24.6 Å². The van der Waals surface area contributed by atoms with E-state index in [-0.39, 0.29) is 12.0 Å². The van der Waals surface area contributed by atoms with Crippen molar-refractivity contribution in [2.75, 3.05) is 45.3 Å². The highest BCUT2D eigenvalue weighted by Gasteiger charge is 2.21. The number of nitrogens with zero attached hydrogens (tertiary/aromatic N) is 2. The maximum atomic E-state index is 12.6. The lowest BCUT2D eigenvalue weighted by Crippen LogP contribution is -2.48. The molecule has 1 saturated heterocycles. The first kappa shape index (κ1) is 21.6. The molecule has 3 rings (SSSR count). The predicted molar refractivity (Wildman–Crippen MR) is 120 cm³/mol. The number of para-hydroxylation sites is 2. The van der Waals surface area contributed by atoms with Gasteiger partial charge in [-0.2, -0.15) is 0 Å². The number of hydrogen-bond acceptors (Lipinski definition) is 5. The van der Waals surface area contributed by atoms with Crippen LogP contribution in [-0.4, -0.2) is 57.3 Å². The van der Waals surface area contributed by atoms with Gasteiger partial charge in [0.15, 0.2) is 11.5 Å². The Morgan fingerprint density at radius 3 is 2.30 bits per heavy atom. The Kier molecular flexibility index (Phi) is 7.22. The first-order chi connectivity index (χ1) is 14.5. The van der Waals surface area contributed by atoms with Crippen molar-refractivity contribution in [1.82, 2.24) is 4.90 Å². The van der Waals surface area contributed by atoms with Crippen LogP contribution in [0.5, 0.6) is 17.2 Å². The summed E-state index contributed by atoms with van der Waals surface area (Å²) in [6.07, 6.45) is 3.50. The lowest BCUT2D eigenvalue weighted by atomic mass is 10.1. The van der Waals surface area contributed by atoms with Crippen LogP contribution >= 0.6 is 0 Å². The minimum atomic E-state index is 0.0103. The molecule has 2 aromatic rings. The topological polar surface area (TPSA) is 51.2 Å². The highest BCUT2D eigenvalue weighted by Crippen LogP contribution is 2.30. The highest BCUT2D eigenvalue weighted by atomic mass is 16.5. The van der Waals surface area contributed by atoms with Crippen LogP contribution in [0.3, 0.4) is 0 Å². The average molecular weight is 411 g/mol. The molecule has 6 nitrogen and oxygen atoms in total. The fourth-order valence-electron chi connectivity index (χ4n) is 3.47. The zero-order chi connectivity index (χ0) is 21.5. The van der Waals surface area contributed by atoms with E-state index in [1.54, 1.807) is 20.3 Å². The number of piperazine rings is 1. The van der Waals surface area contributed by atoms with Crippen LogP contribution in [0.15, 0.2) is 48.5 Å². The van der Waals surface area contributed by atoms with E-state index in [4.69, 9.17) is 14.2 Å². The van der Waals surface area contributed by atoms with Gasteiger partial charge in [0.25, 0.3) is 0 Å². The lowest BCUT2D eigenvalue weighted by Gasteiger charge is -2.36. The Labute approximate surface area is 178 Å². The molecule has 2 aromatic carbocycles. The molecule has 0 spiro atoms. The third-order valence-electron chi connectivity index (χ3n) is 4.99. The summed E-state index contributed by atoms with van der Waals surface area (Å²) >= 11 is 0. The Morgan fingerprint density at radius 2 is 1.63 bits per heavy atom. The second kappa shape index (κ2) is 10.1. The molecular weight excluding hydrogens is 380 g/mol. The monoisotopic (exact) mass is 410 g/mol. The van der Waals surface area contributed by atoms with Gasteiger partial charge in [0.2, 0.25) is 5.91 Å². The maximum Gasteiger partial charge on any atom is 0.246 e. The Hall–Kier alpha value is -3.15. The van der Waals surface area contributed by atoms with Crippen molar-refractivity contribution < 1.29 is 19.0 Å². The van der Waals surface area contributed by atoms with Gasteiger partial charge in [-0.05, 0) is 49.8 Å². The number of amides is 1. The number of rotatable bonds is 7. The molecule has 30 heavy (non-hydrogen) atoms. The molecule has 1 fully saturated rings. The van der Waals surface area contributed by atoms with E-state index >= 15 is 0 Å². The van der Waals surface area contributed by atoms with Gasteiger partial charge in [-0.1, -0.05) is 18.2 Å². The van der Waals surface area contributed by atoms with E-state index < -0.39 is 0 Å². The smallest absolute Gasteiger partial charge is 0.246 e. The van der Waals surface area contributed by atoms with Gasteiger partial charge in [-0.15, -0.1) is 0 Å².